The molecule has 1 rings (SSSR count). The van der Waals surface area contributed by atoms with Crippen molar-refractivity contribution in [1.29, 1.82) is 0 Å². The lowest BCUT2D eigenvalue weighted by Gasteiger charge is -2.02. The summed E-state index contributed by atoms with van der Waals surface area (Å²) in [4.78, 5) is 7.17. The third-order valence-electron chi connectivity index (χ3n) is 1.30. The van der Waals surface area contributed by atoms with Crippen LogP contribution in [0.5, 0.6) is 6.01 Å². The second-order valence-corrected chi connectivity index (χ2v) is 2.31. The lowest BCUT2D eigenvalue weighted by atomic mass is 10.5. The van der Waals surface area contributed by atoms with Gasteiger partial charge in [0, 0.05) is 0 Å². The standard InChI is InChI=1S/C8H10FN3O/c1-2-3-4-13-8-11-5-6(9)7(10)12-8/h2,5H,1,3-4H2,(H2,10,11,12). The van der Waals surface area contributed by atoms with E-state index in [1.165, 1.54) is 0 Å². The Bertz CT molecular complexity index is 303. The summed E-state index contributed by atoms with van der Waals surface area (Å²) < 4.78 is 17.6. The van der Waals surface area contributed by atoms with Crippen LogP contribution in [0, 0.1) is 5.82 Å². The molecule has 1 aromatic rings. The van der Waals surface area contributed by atoms with Crippen LogP contribution < -0.4 is 10.5 Å². The monoisotopic (exact) mass is 183 g/mol. The quantitative estimate of drug-likeness (QED) is 0.562. The fourth-order valence-corrected chi connectivity index (χ4v) is 0.666. The molecule has 0 radical (unpaired) electrons. The van der Waals surface area contributed by atoms with Gasteiger partial charge in [-0.2, -0.15) is 4.98 Å². The summed E-state index contributed by atoms with van der Waals surface area (Å²) in [6.45, 7) is 3.93. The van der Waals surface area contributed by atoms with Crippen molar-refractivity contribution >= 4 is 5.82 Å². The summed E-state index contributed by atoms with van der Waals surface area (Å²) in [6.07, 6.45) is 3.36. The third-order valence-corrected chi connectivity index (χ3v) is 1.30. The van der Waals surface area contributed by atoms with Gasteiger partial charge in [0.1, 0.15) is 0 Å². The van der Waals surface area contributed by atoms with Crippen LogP contribution in [0.3, 0.4) is 0 Å². The van der Waals surface area contributed by atoms with Crippen molar-refractivity contribution in [2.45, 2.75) is 6.42 Å². The molecule has 0 spiro atoms. The van der Waals surface area contributed by atoms with E-state index in [4.69, 9.17) is 10.5 Å². The van der Waals surface area contributed by atoms with Crippen LogP contribution in [0.1, 0.15) is 6.42 Å². The van der Waals surface area contributed by atoms with Gasteiger partial charge in [-0.3, -0.25) is 0 Å². The molecule has 0 unspecified atom stereocenters. The molecule has 5 heteroatoms. The summed E-state index contributed by atoms with van der Waals surface area (Å²) >= 11 is 0. The highest BCUT2D eigenvalue weighted by Crippen LogP contribution is 2.09. The Morgan fingerprint density at radius 3 is 3.08 bits per heavy atom. The Balaban J connectivity index is 2.57. The van der Waals surface area contributed by atoms with E-state index >= 15 is 0 Å². The molecule has 0 aliphatic carbocycles. The minimum atomic E-state index is -0.643. The maximum absolute atomic E-state index is 12.6. The molecule has 0 aliphatic rings. The van der Waals surface area contributed by atoms with Gasteiger partial charge >= 0.3 is 6.01 Å². The van der Waals surface area contributed by atoms with E-state index in [0.29, 0.717) is 13.0 Å². The van der Waals surface area contributed by atoms with E-state index in [-0.39, 0.29) is 11.8 Å². The first-order chi connectivity index (χ1) is 6.24. The Labute approximate surface area is 75.3 Å². The zero-order chi connectivity index (χ0) is 9.68. The van der Waals surface area contributed by atoms with Crippen LogP contribution in [0.15, 0.2) is 18.9 Å². The van der Waals surface area contributed by atoms with Crippen molar-refractivity contribution < 1.29 is 9.13 Å². The van der Waals surface area contributed by atoms with Gasteiger partial charge in [0.2, 0.25) is 0 Å². The molecular formula is C8H10FN3O. The summed E-state index contributed by atoms with van der Waals surface area (Å²) in [5, 5.41) is 0. The number of anilines is 1. The number of hydrogen-bond donors (Lipinski definition) is 1. The Morgan fingerprint density at radius 2 is 2.46 bits per heavy atom. The molecule has 0 aliphatic heterocycles. The van der Waals surface area contributed by atoms with Crippen molar-refractivity contribution in [1.82, 2.24) is 9.97 Å². The van der Waals surface area contributed by atoms with E-state index in [1.54, 1.807) is 6.08 Å². The van der Waals surface area contributed by atoms with Crippen LogP contribution in [0.25, 0.3) is 0 Å². The number of rotatable bonds is 4. The highest BCUT2D eigenvalue weighted by molar-refractivity contribution is 5.28. The van der Waals surface area contributed by atoms with Crippen molar-refractivity contribution in [3.05, 3.63) is 24.7 Å². The predicted molar refractivity (Wildman–Crippen MR) is 46.7 cm³/mol. The Hall–Kier alpha value is -1.65. The number of aromatic nitrogens is 2. The first kappa shape index (κ1) is 9.44. The number of halogens is 1. The van der Waals surface area contributed by atoms with Crippen LogP contribution in [0.2, 0.25) is 0 Å². The molecule has 1 heterocycles. The molecule has 0 fully saturated rings. The number of hydrogen-bond acceptors (Lipinski definition) is 4. The lowest BCUT2D eigenvalue weighted by molar-refractivity contribution is 0.298. The summed E-state index contributed by atoms with van der Waals surface area (Å²) in [5.74, 6) is -0.848. The normalized spacial score (nSPS) is 9.62. The first-order valence-corrected chi connectivity index (χ1v) is 3.75. The molecular weight excluding hydrogens is 173 g/mol. The van der Waals surface area contributed by atoms with Crippen molar-refractivity contribution in [3.8, 4) is 6.01 Å². The molecule has 2 N–H and O–H groups in total. The van der Waals surface area contributed by atoms with Crippen molar-refractivity contribution in [3.63, 3.8) is 0 Å². The number of ether oxygens (including phenoxy) is 1. The van der Waals surface area contributed by atoms with Gasteiger partial charge in [0.05, 0.1) is 12.8 Å². The highest BCUT2D eigenvalue weighted by atomic mass is 19.1. The first-order valence-electron chi connectivity index (χ1n) is 3.75. The molecule has 0 amide bonds. The van der Waals surface area contributed by atoms with Crippen LogP contribution in [0.4, 0.5) is 10.2 Å². The van der Waals surface area contributed by atoms with Gasteiger partial charge < -0.3 is 10.5 Å². The van der Waals surface area contributed by atoms with E-state index < -0.39 is 5.82 Å². The molecule has 0 saturated carbocycles. The van der Waals surface area contributed by atoms with Crippen LogP contribution >= 0.6 is 0 Å². The lowest BCUT2D eigenvalue weighted by Crippen LogP contribution is -2.03. The van der Waals surface area contributed by atoms with E-state index in [0.717, 1.165) is 6.20 Å². The average molecular weight is 183 g/mol. The van der Waals surface area contributed by atoms with Gasteiger partial charge in [0.15, 0.2) is 11.6 Å². The van der Waals surface area contributed by atoms with Crippen molar-refractivity contribution in [2.75, 3.05) is 12.3 Å². The van der Waals surface area contributed by atoms with Gasteiger partial charge in [-0.1, -0.05) is 6.08 Å². The second kappa shape index (κ2) is 4.39. The topological polar surface area (TPSA) is 61.0 Å². The Morgan fingerprint density at radius 1 is 1.69 bits per heavy atom. The maximum atomic E-state index is 12.6. The highest BCUT2D eigenvalue weighted by Gasteiger charge is 2.02. The zero-order valence-electron chi connectivity index (χ0n) is 7.03. The fourth-order valence-electron chi connectivity index (χ4n) is 0.666. The fraction of sp³-hybridized carbons (Fsp3) is 0.250. The van der Waals surface area contributed by atoms with Gasteiger partial charge in [-0.25, -0.2) is 9.37 Å². The summed E-state index contributed by atoms with van der Waals surface area (Å²) in [7, 11) is 0. The second-order valence-electron chi connectivity index (χ2n) is 2.31. The number of nitrogens with zero attached hydrogens (tertiary/aromatic N) is 2. The third kappa shape index (κ3) is 2.70. The van der Waals surface area contributed by atoms with E-state index in [9.17, 15) is 4.39 Å². The SMILES string of the molecule is C=CCCOc1ncc(F)c(N)n1. The van der Waals surface area contributed by atoms with Gasteiger partial charge in [-0.15, -0.1) is 6.58 Å². The maximum Gasteiger partial charge on any atom is 0.318 e. The molecule has 13 heavy (non-hydrogen) atoms. The van der Waals surface area contributed by atoms with E-state index in [1.807, 2.05) is 0 Å². The van der Waals surface area contributed by atoms with Crippen LogP contribution in [-0.2, 0) is 0 Å². The van der Waals surface area contributed by atoms with Crippen LogP contribution in [-0.4, -0.2) is 16.6 Å². The molecule has 0 atom stereocenters. The van der Waals surface area contributed by atoms with Crippen molar-refractivity contribution in [2.24, 2.45) is 0 Å². The minimum absolute atomic E-state index is 0.0840. The number of nitrogens with two attached hydrogens (primary N) is 1. The molecule has 0 aromatic carbocycles. The van der Waals surface area contributed by atoms with Gasteiger partial charge in [-0.05, 0) is 6.42 Å². The molecule has 1 aromatic heterocycles. The van der Waals surface area contributed by atoms with E-state index in [2.05, 4.69) is 16.5 Å². The predicted octanol–water partition coefficient (Wildman–Crippen LogP) is 1.15. The van der Waals surface area contributed by atoms with Gasteiger partial charge in [0.25, 0.3) is 0 Å². The molecule has 4 nitrogen and oxygen atoms in total. The minimum Gasteiger partial charge on any atom is -0.463 e. The average Bonchev–Trinajstić information content (AvgIpc) is 2.12. The molecule has 0 saturated heterocycles. The number of nitrogen functional groups attached to an aromatic ring is 1. The Kier molecular flexibility index (Phi) is 3.19. The molecule has 70 valence electrons. The molecule has 0 bridgehead atoms. The largest absolute Gasteiger partial charge is 0.463 e. The smallest absolute Gasteiger partial charge is 0.318 e. The zero-order valence-corrected chi connectivity index (χ0v) is 7.03. The summed E-state index contributed by atoms with van der Waals surface area (Å²) in [6, 6.07) is 0.0840. The summed E-state index contributed by atoms with van der Waals surface area (Å²) in [5.41, 5.74) is 5.20.